The Morgan fingerprint density at radius 2 is 1.79 bits per heavy atom. The van der Waals surface area contributed by atoms with E-state index in [1.165, 1.54) is 0 Å². The van der Waals surface area contributed by atoms with Crippen molar-refractivity contribution in [2.24, 2.45) is 0 Å². The first-order valence-electron chi connectivity index (χ1n) is 11.5. The lowest BCUT2D eigenvalue weighted by Crippen LogP contribution is -2.40. The zero-order chi connectivity index (χ0) is 23.4. The third kappa shape index (κ3) is 3.35. The van der Waals surface area contributed by atoms with Gasteiger partial charge in [0.05, 0.1) is 25.1 Å². The monoisotopic (exact) mass is 455 g/mol. The van der Waals surface area contributed by atoms with Gasteiger partial charge in [0.1, 0.15) is 11.5 Å². The molecular weight excluding hydrogens is 430 g/mol. The topological polar surface area (TPSA) is 81.6 Å². The predicted molar refractivity (Wildman–Crippen MR) is 127 cm³/mol. The first kappa shape index (κ1) is 20.9. The maximum Gasteiger partial charge on any atom is 0.254 e. The molecule has 0 saturated carbocycles. The number of hydrogen-bond acceptors (Lipinski definition) is 6. The summed E-state index contributed by atoms with van der Waals surface area (Å²) >= 11 is 0. The molecule has 1 aliphatic heterocycles. The SMILES string of the molecule is Cc1cnc(-c2cc(-c3c(C)noc3C)cc3c2Cc2cc(C(=O)N4CCOCC4)ccc2-3)o1. The average molecular weight is 456 g/mol. The molecule has 172 valence electrons. The van der Waals surface area contributed by atoms with E-state index in [0.717, 1.165) is 56.2 Å². The molecule has 1 saturated heterocycles. The minimum Gasteiger partial charge on any atom is -0.441 e. The molecule has 1 fully saturated rings. The average Bonchev–Trinajstić information content (AvgIpc) is 3.54. The molecule has 0 spiro atoms. The number of aryl methyl sites for hydroxylation is 3. The van der Waals surface area contributed by atoms with Gasteiger partial charge in [0, 0.05) is 29.8 Å². The van der Waals surface area contributed by atoms with Crippen LogP contribution in [0.25, 0.3) is 33.7 Å². The van der Waals surface area contributed by atoms with Gasteiger partial charge in [0.15, 0.2) is 0 Å². The highest BCUT2D eigenvalue weighted by Gasteiger charge is 2.28. The lowest BCUT2D eigenvalue weighted by Gasteiger charge is -2.27. The van der Waals surface area contributed by atoms with E-state index in [9.17, 15) is 4.79 Å². The Kier molecular flexibility index (Phi) is 4.88. The number of rotatable bonds is 3. The van der Waals surface area contributed by atoms with Crippen LogP contribution in [0.5, 0.6) is 0 Å². The number of nitrogens with zero attached hydrogens (tertiary/aromatic N) is 3. The standard InChI is InChI=1S/C27H25N3O4/c1-15-14-28-26(33-15)24-13-20(25-16(2)29-34-17(25)3)12-22-21-5-4-18(10-19(21)11-23(22)24)27(31)30-6-8-32-9-7-30/h4-5,10,12-14H,6-9,11H2,1-3H3. The number of fused-ring (bicyclic) bond motifs is 3. The second-order valence-corrected chi connectivity index (χ2v) is 8.98. The van der Waals surface area contributed by atoms with Gasteiger partial charge in [-0.05, 0) is 79.3 Å². The largest absolute Gasteiger partial charge is 0.441 e. The molecule has 1 aliphatic carbocycles. The first-order valence-corrected chi connectivity index (χ1v) is 11.5. The van der Waals surface area contributed by atoms with Gasteiger partial charge in [0.2, 0.25) is 5.89 Å². The summed E-state index contributed by atoms with van der Waals surface area (Å²) in [4.78, 5) is 19.5. The minimum absolute atomic E-state index is 0.0574. The van der Waals surface area contributed by atoms with Crippen molar-refractivity contribution in [3.63, 3.8) is 0 Å². The number of aromatic nitrogens is 2. The van der Waals surface area contributed by atoms with Crippen molar-refractivity contribution < 1.29 is 18.5 Å². The fourth-order valence-corrected chi connectivity index (χ4v) is 5.09. The van der Waals surface area contributed by atoms with E-state index < -0.39 is 0 Å². The van der Waals surface area contributed by atoms with Crippen molar-refractivity contribution in [1.29, 1.82) is 0 Å². The lowest BCUT2D eigenvalue weighted by molar-refractivity contribution is 0.0303. The fourth-order valence-electron chi connectivity index (χ4n) is 5.09. The van der Waals surface area contributed by atoms with Crippen LogP contribution < -0.4 is 0 Å². The van der Waals surface area contributed by atoms with E-state index in [1.54, 1.807) is 6.20 Å². The third-order valence-corrected chi connectivity index (χ3v) is 6.73. The number of ether oxygens (including phenoxy) is 1. The Bertz CT molecular complexity index is 1410. The van der Waals surface area contributed by atoms with Crippen molar-refractivity contribution in [3.05, 3.63) is 70.4 Å². The van der Waals surface area contributed by atoms with Crippen LogP contribution in [0.2, 0.25) is 0 Å². The zero-order valence-electron chi connectivity index (χ0n) is 19.5. The van der Waals surface area contributed by atoms with Crippen molar-refractivity contribution in [3.8, 4) is 33.7 Å². The predicted octanol–water partition coefficient (Wildman–Crippen LogP) is 4.97. The number of oxazole rings is 1. The molecular formula is C27H25N3O4. The van der Waals surface area contributed by atoms with Gasteiger partial charge < -0.3 is 18.6 Å². The number of amides is 1. The van der Waals surface area contributed by atoms with Crippen LogP contribution in [0.3, 0.4) is 0 Å². The van der Waals surface area contributed by atoms with Gasteiger partial charge in [-0.3, -0.25) is 4.79 Å². The van der Waals surface area contributed by atoms with Gasteiger partial charge in [-0.25, -0.2) is 4.98 Å². The van der Waals surface area contributed by atoms with Gasteiger partial charge in [-0.2, -0.15) is 0 Å². The number of benzene rings is 2. The molecule has 6 rings (SSSR count). The number of morpholine rings is 1. The Morgan fingerprint density at radius 1 is 1.00 bits per heavy atom. The summed E-state index contributed by atoms with van der Waals surface area (Å²) in [5.74, 6) is 2.19. The van der Waals surface area contributed by atoms with Crippen molar-refractivity contribution in [1.82, 2.24) is 15.0 Å². The molecule has 2 aromatic carbocycles. The quantitative estimate of drug-likeness (QED) is 0.382. The highest BCUT2D eigenvalue weighted by molar-refractivity contribution is 5.96. The first-order chi connectivity index (χ1) is 16.5. The van der Waals surface area contributed by atoms with Crippen LogP contribution in [0.4, 0.5) is 0 Å². The summed E-state index contributed by atoms with van der Waals surface area (Å²) in [7, 11) is 0. The number of carbonyl (C=O) groups excluding carboxylic acids is 1. The Labute approximate surface area is 197 Å². The molecule has 0 N–H and O–H groups in total. The molecule has 1 amide bonds. The van der Waals surface area contributed by atoms with Crippen LogP contribution in [-0.4, -0.2) is 47.3 Å². The van der Waals surface area contributed by atoms with E-state index in [1.807, 2.05) is 37.8 Å². The second kappa shape index (κ2) is 7.95. The highest BCUT2D eigenvalue weighted by Crippen LogP contribution is 2.45. The van der Waals surface area contributed by atoms with Crippen molar-refractivity contribution in [2.75, 3.05) is 26.3 Å². The molecule has 34 heavy (non-hydrogen) atoms. The molecule has 4 aromatic rings. The van der Waals surface area contributed by atoms with Crippen LogP contribution in [0.1, 0.15) is 38.7 Å². The van der Waals surface area contributed by atoms with E-state index in [4.69, 9.17) is 13.7 Å². The van der Waals surface area contributed by atoms with Gasteiger partial charge >= 0.3 is 0 Å². The summed E-state index contributed by atoms with van der Waals surface area (Å²) in [5.41, 5.74) is 9.07. The Balaban J connectivity index is 1.47. The summed E-state index contributed by atoms with van der Waals surface area (Å²) in [6, 6.07) is 10.3. The molecule has 0 bridgehead atoms. The number of carbonyl (C=O) groups is 1. The van der Waals surface area contributed by atoms with E-state index in [2.05, 4.69) is 28.3 Å². The zero-order valence-corrected chi connectivity index (χ0v) is 19.5. The molecule has 7 heteroatoms. The van der Waals surface area contributed by atoms with Gasteiger partial charge in [-0.15, -0.1) is 0 Å². The van der Waals surface area contributed by atoms with Gasteiger partial charge in [-0.1, -0.05) is 11.2 Å². The van der Waals surface area contributed by atoms with Crippen LogP contribution in [0, 0.1) is 20.8 Å². The Morgan fingerprint density at radius 3 is 2.50 bits per heavy atom. The van der Waals surface area contributed by atoms with Gasteiger partial charge in [0.25, 0.3) is 5.91 Å². The molecule has 2 aliphatic rings. The smallest absolute Gasteiger partial charge is 0.254 e. The molecule has 2 aromatic heterocycles. The summed E-state index contributed by atoms with van der Waals surface area (Å²) < 4.78 is 16.8. The Hall–Kier alpha value is -3.71. The van der Waals surface area contributed by atoms with E-state index in [0.29, 0.717) is 44.2 Å². The molecule has 7 nitrogen and oxygen atoms in total. The summed E-state index contributed by atoms with van der Waals surface area (Å²) in [6.45, 7) is 8.21. The molecule has 0 unspecified atom stereocenters. The van der Waals surface area contributed by atoms with Crippen molar-refractivity contribution >= 4 is 5.91 Å². The highest BCUT2D eigenvalue weighted by atomic mass is 16.5. The van der Waals surface area contributed by atoms with Crippen molar-refractivity contribution in [2.45, 2.75) is 27.2 Å². The summed E-state index contributed by atoms with van der Waals surface area (Å²) in [6.07, 6.45) is 2.46. The maximum atomic E-state index is 13.1. The second-order valence-electron chi connectivity index (χ2n) is 8.98. The molecule has 3 heterocycles. The van der Waals surface area contributed by atoms with Crippen LogP contribution in [0.15, 0.2) is 45.5 Å². The molecule has 0 atom stereocenters. The fraction of sp³-hybridized carbons (Fsp3) is 0.296. The number of hydrogen-bond donors (Lipinski definition) is 0. The summed E-state index contributed by atoms with van der Waals surface area (Å²) in [5, 5.41) is 4.15. The maximum absolute atomic E-state index is 13.1. The van der Waals surface area contributed by atoms with Crippen LogP contribution >= 0.6 is 0 Å². The normalized spacial score (nSPS) is 14.9. The van der Waals surface area contributed by atoms with E-state index >= 15 is 0 Å². The lowest BCUT2D eigenvalue weighted by atomic mass is 9.93. The van der Waals surface area contributed by atoms with E-state index in [-0.39, 0.29) is 5.91 Å². The van der Waals surface area contributed by atoms with Crippen LogP contribution in [-0.2, 0) is 11.2 Å². The third-order valence-electron chi connectivity index (χ3n) is 6.73. The molecule has 0 radical (unpaired) electrons. The minimum atomic E-state index is 0.0574.